The van der Waals surface area contributed by atoms with Crippen molar-refractivity contribution < 1.29 is 13.3 Å². The zero-order chi connectivity index (χ0) is 18.9. The maximum Gasteiger partial charge on any atom is 0.278 e. The molecular weight excluding hydrogens is 392 g/mol. The van der Waals surface area contributed by atoms with Gasteiger partial charge in [-0.15, -0.1) is 12.4 Å². The SMILES string of the molecule is CC1CCCCC1(CN)NS(=O)(=O)c1ccc([N+](=O)[O-])c2cccnc12.Cl. The van der Waals surface area contributed by atoms with Crippen molar-refractivity contribution in [2.75, 3.05) is 6.54 Å². The van der Waals surface area contributed by atoms with Crippen molar-refractivity contribution >= 4 is 39.0 Å². The van der Waals surface area contributed by atoms with E-state index < -0.39 is 20.5 Å². The molecule has 10 heteroatoms. The highest BCUT2D eigenvalue weighted by Gasteiger charge is 2.41. The Morgan fingerprint density at radius 1 is 1.37 bits per heavy atom. The average molecular weight is 415 g/mol. The summed E-state index contributed by atoms with van der Waals surface area (Å²) in [5, 5.41) is 11.4. The van der Waals surface area contributed by atoms with Crippen molar-refractivity contribution in [3.8, 4) is 0 Å². The number of pyridine rings is 1. The van der Waals surface area contributed by atoms with Gasteiger partial charge in [0, 0.05) is 24.3 Å². The second kappa shape index (κ2) is 8.05. The lowest BCUT2D eigenvalue weighted by atomic mass is 9.74. The van der Waals surface area contributed by atoms with Gasteiger partial charge >= 0.3 is 0 Å². The Bertz CT molecular complexity index is 953. The highest BCUT2D eigenvalue weighted by atomic mass is 35.5. The Kier molecular flexibility index (Phi) is 6.41. The van der Waals surface area contributed by atoms with Crippen LogP contribution in [-0.2, 0) is 10.0 Å². The first-order valence-corrected chi connectivity index (χ1v) is 10.1. The van der Waals surface area contributed by atoms with Crippen LogP contribution >= 0.6 is 12.4 Å². The molecule has 1 aliphatic rings. The van der Waals surface area contributed by atoms with E-state index in [1.807, 2.05) is 6.92 Å². The van der Waals surface area contributed by atoms with E-state index in [1.165, 1.54) is 24.4 Å². The van der Waals surface area contributed by atoms with Gasteiger partial charge in [0.1, 0.15) is 4.90 Å². The van der Waals surface area contributed by atoms with Crippen molar-refractivity contribution in [2.24, 2.45) is 11.7 Å². The lowest BCUT2D eigenvalue weighted by molar-refractivity contribution is -0.383. The van der Waals surface area contributed by atoms with Crippen LogP contribution in [-0.4, -0.2) is 30.4 Å². The number of nitrogens with one attached hydrogen (secondary N) is 1. The summed E-state index contributed by atoms with van der Waals surface area (Å²) in [5.41, 5.74) is 5.16. The maximum absolute atomic E-state index is 13.1. The molecule has 1 saturated carbocycles. The summed E-state index contributed by atoms with van der Waals surface area (Å²) in [6.07, 6.45) is 4.95. The minimum absolute atomic E-state index is 0. The second-order valence-electron chi connectivity index (χ2n) is 6.85. The molecule has 0 radical (unpaired) electrons. The molecule has 1 aliphatic carbocycles. The van der Waals surface area contributed by atoms with Gasteiger partial charge in [-0.1, -0.05) is 19.8 Å². The maximum atomic E-state index is 13.1. The number of hydrogen-bond donors (Lipinski definition) is 2. The number of sulfonamides is 1. The molecule has 1 aromatic carbocycles. The number of non-ortho nitro benzene ring substituents is 1. The van der Waals surface area contributed by atoms with Crippen molar-refractivity contribution in [1.82, 2.24) is 9.71 Å². The van der Waals surface area contributed by atoms with Gasteiger partial charge in [-0.3, -0.25) is 15.1 Å². The predicted molar refractivity (Wildman–Crippen MR) is 105 cm³/mol. The molecule has 0 bridgehead atoms. The van der Waals surface area contributed by atoms with Crippen molar-refractivity contribution in [3.63, 3.8) is 0 Å². The van der Waals surface area contributed by atoms with Gasteiger partial charge in [-0.05, 0) is 37.0 Å². The number of nitro groups is 1. The molecule has 0 saturated heterocycles. The predicted octanol–water partition coefficient (Wildman–Crippen LogP) is 2.75. The molecule has 1 aromatic heterocycles. The van der Waals surface area contributed by atoms with Crippen LogP contribution in [0, 0.1) is 16.0 Å². The molecule has 0 spiro atoms. The standard InChI is InChI=1S/C17H22N4O4S.ClH/c1-12-5-2-3-9-17(12,11-18)20-26(24,25)15-8-7-14(21(22)23)13-6-4-10-19-16(13)15;/h4,6-8,10,12,20H,2-3,5,9,11,18H2,1H3;1H. The summed E-state index contributed by atoms with van der Waals surface area (Å²) in [5.74, 6) is 0.105. The van der Waals surface area contributed by atoms with Gasteiger partial charge < -0.3 is 5.73 Å². The normalized spacial score (nSPS) is 23.0. The van der Waals surface area contributed by atoms with E-state index in [0.717, 1.165) is 19.3 Å². The lowest BCUT2D eigenvalue weighted by Gasteiger charge is -2.42. The number of benzene rings is 1. The number of nitrogens with two attached hydrogens (primary N) is 1. The molecule has 3 rings (SSSR count). The average Bonchev–Trinajstić information content (AvgIpc) is 2.62. The largest absolute Gasteiger partial charge is 0.329 e. The Hall–Kier alpha value is -1.81. The van der Waals surface area contributed by atoms with Gasteiger partial charge in [-0.25, -0.2) is 13.1 Å². The first kappa shape index (κ1) is 21.5. The Morgan fingerprint density at radius 2 is 2.11 bits per heavy atom. The van der Waals surface area contributed by atoms with Gasteiger partial charge in [0.25, 0.3) is 5.69 Å². The topological polar surface area (TPSA) is 128 Å². The van der Waals surface area contributed by atoms with Gasteiger partial charge in [0.05, 0.1) is 15.8 Å². The fourth-order valence-electron chi connectivity index (χ4n) is 3.74. The van der Waals surface area contributed by atoms with Crippen molar-refractivity contribution in [2.45, 2.75) is 43.0 Å². The highest BCUT2D eigenvalue weighted by molar-refractivity contribution is 7.89. The third kappa shape index (κ3) is 3.91. The molecule has 2 unspecified atom stereocenters. The summed E-state index contributed by atoms with van der Waals surface area (Å²) in [7, 11) is -3.95. The summed E-state index contributed by atoms with van der Waals surface area (Å²) in [4.78, 5) is 14.7. The Morgan fingerprint density at radius 3 is 2.74 bits per heavy atom. The first-order valence-electron chi connectivity index (χ1n) is 8.57. The summed E-state index contributed by atoms with van der Waals surface area (Å²) in [6.45, 7) is 2.20. The number of fused-ring (bicyclic) bond motifs is 1. The number of halogens is 1. The first-order chi connectivity index (χ1) is 12.3. The molecule has 0 amide bonds. The molecule has 1 fully saturated rings. The summed E-state index contributed by atoms with van der Waals surface area (Å²) in [6, 6.07) is 5.50. The fraction of sp³-hybridized carbons (Fsp3) is 0.471. The lowest BCUT2D eigenvalue weighted by Crippen LogP contribution is -2.58. The van der Waals surface area contributed by atoms with E-state index in [2.05, 4.69) is 9.71 Å². The van der Waals surface area contributed by atoms with Crippen molar-refractivity contribution in [1.29, 1.82) is 0 Å². The fourth-order valence-corrected chi connectivity index (χ4v) is 5.44. The van der Waals surface area contributed by atoms with Crippen LogP contribution in [0.1, 0.15) is 32.6 Å². The molecule has 2 aromatic rings. The molecule has 3 N–H and O–H groups in total. The zero-order valence-electron chi connectivity index (χ0n) is 14.9. The smallest absolute Gasteiger partial charge is 0.278 e. The monoisotopic (exact) mass is 414 g/mol. The van der Waals surface area contributed by atoms with Crippen LogP contribution in [0.15, 0.2) is 35.4 Å². The molecule has 0 aliphatic heterocycles. The van der Waals surface area contributed by atoms with Crippen LogP contribution in [0.2, 0.25) is 0 Å². The summed E-state index contributed by atoms with van der Waals surface area (Å²) < 4.78 is 29.1. The number of aromatic nitrogens is 1. The third-order valence-electron chi connectivity index (χ3n) is 5.35. The van der Waals surface area contributed by atoms with Crippen LogP contribution in [0.4, 0.5) is 5.69 Å². The molecule has 148 valence electrons. The van der Waals surface area contributed by atoms with E-state index in [-0.39, 0.29) is 46.4 Å². The number of nitrogens with zero attached hydrogens (tertiary/aromatic N) is 2. The molecule has 1 heterocycles. The van der Waals surface area contributed by atoms with E-state index in [0.29, 0.717) is 6.42 Å². The zero-order valence-corrected chi connectivity index (χ0v) is 16.6. The van der Waals surface area contributed by atoms with E-state index in [4.69, 9.17) is 5.73 Å². The number of hydrogen-bond acceptors (Lipinski definition) is 6. The van der Waals surface area contributed by atoms with Gasteiger partial charge in [-0.2, -0.15) is 0 Å². The number of nitro benzene ring substituents is 1. The summed E-state index contributed by atoms with van der Waals surface area (Å²) >= 11 is 0. The van der Waals surface area contributed by atoms with E-state index in [9.17, 15) is 18.5 Å². The van der Waals surface area contributed by atoms with Crippen LogP contribution < -0.4 is 10.5 Å². The van der Waals surface area contributed by atoms with Gasteiger partial charge in [0.15, 0.2) is 0 Å². The Balaban J connectivity index is 0.00000261. The minimum atomic E-state index is -3.95. The van der Waals surface area contributed by atoms with Crippen LogP contribution in [0.5, 0.6) is 0 Å². The number of rotatable bonds is 5. The second-order valence-corrected chi connectivity index (χ2v) is 8.50. The van der Waals surface area contributed by atoms with Gasteiger partial charge in [0.2, 0.25) is 10.0 Å². The minimum Gasteiger partial charge on any atom is -0.329 e. The van der Waals surface area contributed by atoms with Crippen molar-refractivity contribution in [3.05, 3.63) is 40.6 Å². The highest BCUT2D eigenvalue weighted by Crippen LogP contribution is 2.35. The Labute approximate surface area is 164 Å². The third-order valence-corrected chi connectivity index (χ3v) is 6.93. The van der Waals surface area contributed by atoms with E-state index >= 15 is 0 Å². The van der Waals surface area contributed by atoms with E-state index in [1.54, 1.807) is 6.07 Å². The molecule has 27 heavy (non-hydrogen) atoms. The van der Waals surface area contributed by atoms with Crippen LogP contribution in [0.25, 0.3) is 10.9 Å². The quantitative estimate of drug-likeness (QED) is 0.571. The molecule has 8 nitrogen and oxygen atoms in total. The molecule has 2 atom stereocenters. The molecular formula is C17H23ClN4O4S. The van der Waals surface area contributed by atoms with Crippen LogP contribution in [0.3, 0.4) is 0 Å².